The highest BCUT2D eigenvalue weighted by Gasteiger charge is 2.26. The molecule has 1 unspecified atom stereocenters. The van der Waals surface area contributed by atoms with Gasteiger partial charge in [-0.2, -0.15) is 0 Å². The number of aromatic nitrogens is 1. The largest absolute Gasteiger partial charge is 0.298 e. The zero-order chi connectivity index (χ0) is 14.5. The topological polar surface area (TPSA) is 33.2 Å². The monoisotopic (exact) mass is 280 g/mol. The van der Waals surface area contributed by atoms with E-state index in [9.17, 15) is 4.79 Å². The Balaban J connectivity index is 1.64. The molecule has 108 valence electrons. The number of carbonyl (C=O) groups is 1. The van der Waals surface area contributed by atoms with Crippen molar-refractivity contribution in [1.29, 1.82) is 0 Å². The molecule has 1 aromatic carbocycles. The summed E-state index contributed by atoms with van der Waals surface area (Å²) in [6.45, 7) is 2.87. The lowest BCUT2D eigenvalue weighted by atomic mass is 9.90. The highest BCUT2D eigenvalue weighted by Crippen LogP contribution is 2.22. The van der Waals surface area contributed by atoms with Gasteiger partial charge < -0.3 is 0 Å². The van der Waals surface area contributed by atoms with Gasteiger partial charge in [-0.05, 0) is 37.1 Å². The van der Waals surface area contributed by atoms with Crippen LogP contribution in [0.2, 0.25) is 0 Å². The van der Waals surface area contributed by atoms with Gasteiger partial charge in [-0.25, -0.2) is 0 Å². The van der Waals surface area contributed by atoms with E-state index in [1.807, 2.05) is 18.2 Å². The molecule has 2 heterocycles. The minimum absolute atomic E-state index is 0.116. The fraction of sp³-hybridized carbons (Fsp3) is 0.333. The summed E-state index contributed by atoms with van der Waals surface area (Å²) in [7, 11) is 0. The predicted octanol–water partition coefficient (Wildman–Crippen LogP) is 3.18. The van der Waals surface area contributed by atoms with E-state index >= 15 is 0 Å². The third kappa shape index (κ3) is 3.56. The Morgan fingerprint density at radius 3 is 2.67 bits per heavy atom. The van der Waals surface area contributed by atoms with E-state index in [0.29, 0.717) is 0 Å². The molecule has 1 saturated heterocycles. The number of hydrogen-bond acceptors (Lipinski definition) is 3. The number of Topliss-reactive ketones (excluding diaryl/α,β-unsaturated/α-hetero) is 1. The van der Waals surface area contributed by atoms with Crippen molar-refractivity contribution >= 4 is 5.78 Å². The molecule has 0 saturated carbocycles. The number of nitrogens with zero attached hydrogens (tertiary/aromatic N) is 2. The molecule has 21 heavy (non-hydrogen) atoms. The third-order valence-electron chi connectivity index (χ3n) is 4.09. The van der Waals surface area contributed by atoms with Crippen molar-refractivity contribution in [3.05, 3.63) is 66.0 Å². The van der Waals surface area contributed by atoms with Crippen molar-refractivity contribution in [2.45, 2.75) is 19.4 Å². The number of rotatable bonds is 4. The first kappa shape index (κ1) is 14.0. The zero-order valence-corrected chi connectivity index (χ0v) is 12.1. The van der Waals surface area contributed by atoms with Crippen LogP contribution in [0.15, 0.2) is 54.9 Å². The summed E-state index contributed by atoms with van der Waals surface area (Å²) < 4.78 is 0. The minimum atomic E-state index is 0.116. The van der Waals surface area contributed by atoms with Crippen LogP contribution in [0, 0.1) is 5.92 Å². The maximum absolute atomic E-state index is 12.5. The molecule has 0 bridgehead atoms. The van der Waals surface area contributed by atoms with Gasteiger partial charge >= 0.3 is 0 Å². The normalized spacial score (nSPS) is 19.3. The van der Waals surface area contributed by atoms with Crippen LogP contribution >= 0.6 is 0 Å². The summed E-state index contributed by atoms with van der Waals surface area (Å²) in [6.07, 6.45) is 5.47. The molecular formula is C18H20N2O. The van der Waals surface area contributed by atoms with Crippen molar-refractivity contribution in [2.75, 3.05) is 13.1 Å². The first-order valence-electron chi connectivity index (χ1n) is 7.53. The molecule has 0 N–H and O–H groups in total. The smallest absolute Gasteiger partial charge is 0.167 e. The van der Waals surface area contributed by atoms with E-state index in [1.54, 1.807) is 12.4 Å². The Morgan fingerprint density at radius 2 is 1.90 bits per heavy atom. The van der Waals surface area contributed by atoms with Gasteiger partial charge in [0.1, 0.15) is 0 Å². The van der Waals surface area contributed by atoms with E-state index in [4.69, 9.17) is 0 Å². The number of pyridine rings is 1. The van der Waals surface area contributed by atoms with E-state index in [1.165, 1.54) is 5.56 Å². The summed E-state index contributed by atoms with van der Waals surface area (Å²) in [5.74, 6) is 0.375. The van der Waals surface area contributed by atoms with Gasteiger partial charge in [-0.15, -0.1) is 0 Å². The molecule has 1 atom stereocenters. The van der Waals surface area contributed by atoms with Crippen LogP contribution in [0.5, 0.6) is 0 Å². The Labute approximate surface area is 125 Å². The number of hydrogen-bond donors (Lipinski definition) is 0. The van der Waals surface area contributed by atoms with Crippen molar-refractivity contribution < 1.29 is 4.79 Å². The van der Waals surface area contributed by atoms with Crippen LogP contribution in [0.4, 0.5) is 0 Å². The second-order valence-corrected chi connectivity index (χ2v) is 5.66. The van der Waals surface area contributed by atoms with Gasteiger partial charge in [0.15, 0.2) is 5.78 Å². The molecule has 3 nitrogen and oxygen atoms in total. The summed E-state index contributed by atoms with van der Waals surface area (Å²) >= 11 is 0. The lowest BCUT2D eigenvalue weighted by molar-refractivity contribution is 0.0811. The van der Waals surface area contributed by atoms with Crippen molar-refractivity contribution in [3.8, 4) is 0 Å². The number of ketones is 1. The van der Waals surface area contributed by atoms with Crippen LogP contribution in [0.1, 0.15) is 28.8 Å². The maximum Gasteiger partial charge on any atom is 0.167 e. The van der Waals surface area contributed by atoms with Gasteiger partial charge in [-0.1, -0.05) is 30.3 Å². The molecule has 2 aromatic rings. The Kier molecular flexibility index (Phi) is 4.41. The van der Waals surface area contributed by atoms with E-state index in [2.05, 4.69) is 34.1 Å². The maximum atomic E-state index is 12.5. The Bertz CT molecular complexity index is 583. The van der Waals surface area contributed by atoms with Crippen LogP contribution in [0.25, 0.3) is 0 Å². The molecule has 0 spiro atoms. The van der Waals surface area contributed by atoms with Gasteiger partial charge in [0.2, 0.25) is 0 Å². The highest BCUT2D eigenvalue weighted by atomic mass is 16.1. The van der Waals surface area contributed by atoms with E-state index in [-0.39, 0.29) is 11.7 Å². The second kappa shape index (κ2) is 6.64. The average Bonchev–Trinajstić information content (AvgIpc) is 2.56. The average molecular weight is 280 g/mol. The molecule has 0 radical (unpaired) electrons. The molecule has 0 amide bonds. The van der Waals surface area contributed by atoms with Crippen molar-refractivity contribution in [2.24, 2.45) is 5.92 Å². The molecule has 3 heteroatoms. The molecule has 1 fully saturated rings. The lowest BCUT2D eigenvalue weighted by Gasteiger charge is -2.32. The van der Waals surface area contributed by atoms with Gasteiger partial charge in [0.25, 0.3) is 0 Å². The lowest BCUT2D eigenvalue weighted by Crippen LogP contribution is -2.38. The van der Waals surface area contributed by atoms with Gasteiger partial charge in [0, 0.05) is 37.0 Å². The molecule has 1 aromatic heterocycles. The summed E-state index contributed by atoms with van der Waals surface area (Å²) in [5, 5.41) is 0. The van der Waals surface area contributed by atoms with Crippen LogP contribution in [-0.4, -0.2) is 28.8 Å². The van der Waals surface area contributed by atoms with Crippen molar-refractivity contribution in [1.82, 2.24) is 9.88 Å². The minimum Gasteiger partial charge on any atom is -0.298 e. The molecule has 0 aliphatic carbocycles. The Morgan fingerprint density at radius 1 is 1.14 bits per heavy atom. The van der Waals surface area contributed by atoms with Gasteiger partial charge in [-0.3, -0.25) is 14.7 Å². The highest BCUT2D eigenvalue weighted by molar-refractivity contribution is 5.97. The zero-order valence-electron chi connectivity index (χ0n) is 12.1. The number of carbonyl (C=O) groups excluding carboxylic acids is 1. The van der Waals surface area contributed by atoms with Crippen LogP contribution < -0.4 is 0 Å². The summed E-state index contributed by atoms with van der Waals surface area (Å²) in [4.78, 5) is 18.9. The first-order chi connectivity index (χ1) is 10.3. The van der Waals surface area contributed by atoms with E-state index < -0.39 is 0 Å². The number of piperidine rings is 1. The number of benzene rings is 1. The molecule has 1 aliphatic heterocycles. The molecular weight excluding hydrogens is 260 g/mol. The Hall–Kier alpha value is -2.00. The molecule has 1 aliphatic rings. The van der Waals surface area contributed by atoms with Crippen LogP contribution in [-0.2, 0) is 6.54 Å². The van der Waals surface area contributed by atoms with Gasteiger partial charge in [0.05, 0.1) is 0 Å². The SMILES string of the molecule is O=C(c1ccncc1)C1CCCN(Cc2ccccc2)C1. The fourth-order valence-electron chi connectivity index (χ4n) is 3.01. The quantitative estimate of drug-likeness (QED) is 0.807. The van der Waals surface area contributed by atoms with Crippen LogP contribution in [0.3, 0.4) is 0 Å². The second-order valence-electron chi connectivity index (χ2n) is 5.66. The third-order valence-corrected chi connectivity index (χ3v) is 4.09. The predicted molar refractivity (Wildman–Crippen MR) is 83.0 cm³/mol. The fourth-order valence-corrected chi connectivity index (χ4v) is 3.01. The molecule has 3 rings (SSSR count). The van der Waals surface area contributed by atoms with E-state index in [0.717, 1.165) is 38.0 Å². The first-order valence-corrected chi connectivity index (χ1v) is 7.53. The number of likely N-dealkylation sites (tertiary alicyclic amines) is 1. The summed E-state index contributed by atoms with van der Waals surface area (Å²) in [6, 6.07) is 14.1. The summed E-state index contributed by atoms with van der Waals surface area (Å²) in [5.41, 5.74) is 2.10. The van der Waals surface area contributed by atoms with Crippen molar-refractivity contribution in [3.63, 3.8) is 0 Å². The standard InChI is InChI=1S/C18H20N2O/c21-18(16-8-10-19-11-9-16)17-7-4-12-20(14-17)13-15-5-2-1-3-6-15/h1-3,5-6,8-11,17H,4,7,12-14H2.